The molecule has 0 saturated carbocycles. The van der Waals surface area contributed by atoms with Crippen molar-refractivity contribution in [3.63, 3.8) is 0 Å². The number of amidine groups is 2. The van der Waals surface area contributed by atoms with Crippen molar-refractivity contribution in [3.05, 3.63) is 89.6 Å². The lowest BCUT2D eigenvalue weighted by molar-refractivity contribution is 0.583. The molecule has 1 aromatic heterocycles. The van der Waals surface area contributed by atoms with Crippen LogP contribution in [0.1, 0.15) is 11.1 Å². The Balaban J connectivity index is 1.67. The second-order valence-electron chi connectivity index (χ2n) is 6.10. The van der Waals surface area contributed by atoms with Crippen LogP contribution in [0.5, 0.6) is 0 Å². The highest BCUT2D eigenvalue weighted by Crippen LogP contribution is 2.14. The van der Waals surface area contributed by atoms with E-state index in [2.05, 4.69) is 9.98 Å². The van der Waals surface area contributed by atoms with Crippen molar-refractivity contribution in [2.45, 2.75) is 6.42 Å². The van der Waals surface area contributed by atoms with E-state index in [-0.39, 0.29) is 22.9 Å². The SMILES string of the molecule is N=C(/C=C\C(=N)c1cc(F)cc(F)c1)N=C(N)Cc1ccc2ncccc2c1. The van der Waals surface area contributed by atoms with Crippen LogP contribution in [0, 0.1) is 22.5 Å². The van der Waals surface area contributed by atoms with E-state index in [0.29, 0.717) is 6.42 Å². The predicted molar refractivity (Wildman–Crippen MR) is 107 cm³/mol. The van der Waals surface area contributed by atoms with E-state index < -0.39 is 11.6 Å². The first-order valence-electron chi connectivity index (χ1n) is 8.39. The highest BCUT2D eigenvalue weighted by molar-refractivity contribution is 6.11. The Bertz CT molecular complexity index is 1100. The van der Waals surface area contributed by atoms with Gasteiger partial charge in [-0.25, -0.2) is 13.8 Å². The zero-order valence-electron chi connectivity index (χ0n) is 14.8. The molecular weight excluding hydrogens is 360 g/mol. The summed E-state index contributed by atoms with van der Waals surface area (Å²) in [7, 11) is 0. The number of hydrogen-bond acceptors (Lipinski definition) is 3. The fraction of sp³-hybridized carbons (Fsp3) is 0.0476. The smallest absolute Gasteiger partial charge is 0.146 e. The molecule has 5 nitrogen and oxygen atoms in total. The van der Waals surface area contributed by atoms with Crippen molar-refractivity contribution in [2.24, 2.45) is 10.7 Å². The van der Waals surface area contributed by atoms with Gasteiger partial charge in [0.2, 0.25) is 0 Å². The fourth-order valence-corrected chi connectivity index (χ4v) is 2.64. The average Bonchev–Trinajstić information content (AvgIpc) is 2.65. The third kappa shape index (κ3) is 4.91. The average molecular weight is 377 g/mol. The number of hydrogen-bond donors (Lipinski definition) is 3. The largest absolute Gasteiger partial charge is 0.387 e. The summed E-state index contributed by atoms with van der Waals surface area (Å²) in [6.45, 7) is 0. The van der Waals surface area contributed by atoms with Crippen LogP contribution >= 0.6 is 0 Å². The molecule has 0 fully saturated rings. The van der Waals surface area contributed by atoms with Crippen LogP contribution in [0.4, 0.5) is 8.78 Å². The molecule has 0 saturated heterocycles. The molecule has 0 unspecified atom stereocenters. The zero-order valence-corrected chi connectivity index (χ0v) is 14.8. The van der Waals surface area contributed by atoms with Gasteiger partial charge in [-0.1, -0.05) is 12.1 Å². The molecule has 0 amide bonds. The number of fused-ring (bicyclic) bond motifs is 1. The van der Waals surface area contributed by atoms with Crippen LogP contribution in [0.25, 0.3) is 10.9 Å². The number of allylic oxidation sites excluding steroid dienone is 1. The van der Waals surface area contributed by atoms with Gasteiger partial charge >= 0.3 is 0 Å². The molecule has 7 heteroatoms. The monoisotopic (exact) mass is 377 g/mol. The minimum Gasteiger partial charge on any atom is -0.387 e. The van der Waals surface area contributed by atoms with Crippen LogP contribution < -0.4 is 5.73 Å². The predicted octanol–water partition coefficient (Wildman–Crippen LogP) is 4.01. The van der Waals surface area contributed by atoms with Crippen molar-refractivity contribution in [1.82, 2.24) is 4.98 Å². The maximum Gasteiger partial charge on any atom is 0.146 e. The van der Waals surface area contributed by atoms with Crippen molar-refractivity contribution >= 4 is 28.3 Å². The maximum atomic E-state index is 13.2. The van der Waals surface area contributed by atoms with Crippen LogP contribution in [0.3, 0.4) is 0 Å². The first-order valence-corrected chi connectivity index (χ1v) is 8.39. The Kier molecular flexibility index (Phi) is 5.64. The van der Waals surface area contributed by atoms with Gasteiger partial charge in [0.25, 0.3) is 0 Å². The van der Waals surface area contributed by atoms with Crippen LogP contribution in [0.2, 0.25) is 0 Å². The number of halogens is 2. The first-order chi connectivity index (χ1) is 13.4. The lowest BCUT2D eigenvalue weighted by Gasteiger charge is -2.03. The summed E-state index contributed by atoms with van der Waals surface area (Å²) in [5.74, 6) is -1.46. The van der Waals surface area contributed by atoms with Crippen molar-refractivity contribution in [2.75, 3.05) is 0 Å². The van der Waals surface area contributed by atoms with Crippen molar-refractivity contribution < 1.29 is 8.78 Å². The maximum absolute atomic E-state index is 13.2. The summed E-state index contributed by atoms with van der Waals surface area (Å²) < 4.78 is 26.4. The van der Waals surface area contributed by atoms with E-state index in [0.717, 1.165) is 34.7 Å². The molecule has 3 rings (SSSR count). The minimum atomic E-state index is -0.768. The highest BCUT2D eigenvalue weighted by Gasteiger charge is 2.04. The van der Waals surface area contributed by atoms with Gasteiger partial charge in [-0.2, -0.15) is 0 Å². The second kappa shape index (κ2) is 8.30. The van der Waals surface area contributed by atoms with E-state index in [1.807, 2.05) is 30.3 Å². The highest BCUT2D eigenvalue weighted by atomic mass is 19.1. The van der Waals surface area contributed by atoms with Gasteiger partial charge in [-0.15, -0.1) is 0 Å². The molecule has 140 valence electrons. The molecular formula is C21H17F2N5. The number of nitrogens with one attached hydrogen (secondary N) is 2. The van der Waals surface area contributed by atoms with Crippen molar-refractivity contribution in [3.8, 4) is 0 Å². The molecule has 28 heavy (non-hydrogen) atoms. The van der Waals surface area contributed by atoms with Gasteiger partial charge in [0, 0.05) is 29.6 Å². The Labute approximate surface area is 160 Å². The molecule has 0 aliphatic heterocycles. The van der Waals surface area contributed by atoms with E-state index in [1.54, 1.807) is 6.20 Å². The third-order valence-corrected chi connectivity index (χ3v) is 3.90. The Hall–Kier alpha value is -3.74. The molecule has 0 radical (unpaired) electrons. The molecule has 4 N–H and O–H groups in total. The number of aliphatic imine (C=N–C) groups is 1. The molecule has 0 atom stereocenters. The molecule has 0 aliphatic carbocycles. The van der Waals surface area contributed by atoms with E-state index >= 15 is 0 Å². The number of aromatic nitrogens is 1. The summed E-state index contributed by atoms with van der Waals surface area (Å²) in [4.78, 5) is 8.24. The van der Waals surface area contributed by atoms with E-state index in [1.165, 1.54) is 12.2 Å². The quantitative estimate of drug-likeness (QED) is 0.462. The van der Waals surface area contributed by atoms with Crippen LogP contribution in [-0.4, -0.2) is 22.4 Å². The lowest BCUT2D eigenvalue weighted by atomic mass is 10.1. The summed E-state index contributed by atoms with van der Waals surface area (Å²) in [6, 6.07) is 12.4. The zero-order chi connectivity index (χ0) is 20.1. The number of rotatable bonds is 5. The van der Waals surface area contributed by atoms with Gasteiger partial charge < -0.3 is 11.1 Å². The normalized spacial score (nSPS) is 11.9. The van der Waals surface area contributed by atoms with Crippen molar-refractivity contribution in [1.29, 1.82) is 10.8 Å². The molecule has 1 heterocycles. The summed E-state index contributed by atoms with van der Waals surface area (Å²) in [5, 5.41) is 16.7. The molecule has 0 spiro atoms. The van der Waals surface area contributed by atoms with Gasteiger partial charge in [0.15, 0.2) is 0 Å². The third-order valence-electron chi connectivity index (χ3n) is 3.90. The minimum absolute atomic E-state index is 0.0725. The second-order valence-corrected chi connectivity index (χ2v) is 6.10. The first kappa shape index (κ1) is 19.0. The molecule has 3 aromatic rings. The van der Waals surface area contributed by atoms with E-state index in [9.17, 15) is 8.78 Å². The molecule has 0 bridgehead atoms. The topological polar surface area (TPSA) is 99.0 Å². The van der Waals surface area contributed by atoms with Gasteiger partial charge in [0.1, 0.15) is 23.3 Å². The Morgan fingerprint density at radius 1 is 1.04 bits per heavy atom. The number of nitrogens with zero attached hydrogens (tertiary/aromatic N) is 2. The Morgan fingerprint density at radius 2 is 1.79 bits per heavy atom. The summed E-state index contributed by atoms with van der Waals surface area (Å²) >= 11 is 0. The van der Waals surface area contributed by atoms with Crippen LogP contribution in [-0.2, 0) is 6.42 Å². The standard InChI is InChI=1S/C21H17F2N5/c22-16-10-15(11-17(23)12-16)18(24)4-6-20(25)28-21(26)9-13-3-5-19-14(8-13)2-1-7-27-19/h1-8,10-12,24H,9H2,(H3,25,26,28)/b6-4-,24-18?. The summed E-state index contributed by atoms with van der Waals surface area (Å²) in [5.41, 5.74) is 7.66. The van der Waals surface area contributed by atoms with Gasteiger partial charge in [-0.3, -0.25) is 10.4 Å². The lowest BCUT2D eigenvalue weighted by Crippen LogP contribution is -2.16. The fourth-order valence-electron chi connectivity index (χ4n) is 2.64. The number of nitrogens with two attached hydrogens (primary N) is 1. The number of benzene rings is 2. The molecule has 0 aliphatic rings. The number of pyridine rings is 1. The van der Waals surface area contributed by atoms with Crippen LogP contribution in [0.15, 0.2) is 71.9 Å². The molecule has 2 aromatic carbocycles. The van der Waals surface area contributed by atoms with E-state index in [4.69, 9.17) is 16.6 Å². The van der Waals surface area contributed by atoms with Gasteiger partial charge in [0.05, 0.1) is 11.2 Å². The Morgan fingerprint density at radius 3 is 2.54 bits per heavy atom. The summed E-state index contributed by atoms with van der Waals surface area (Å²) in [6.07, 6.45) is 4.58. The van der Waals surface area contributed by atoms with Gasteiger partial charge in [-0.05, 0) is 48.0 Å².